The van der Waals surface area contributed by atoms with Crippen molar-refractivity contribution < 1.29 is 19.4 Å². The van der Waals surface area contributed by atoms with E-state index in [1.807, 2.05) is 38.1 Å². The molecular weight excluding hydrogens is 390 g/mol. The van der Waals surface area contributed by atoms with Crippen molar-refractivity contribution in [2.75, 3.05) is 20.3 Å². The lowest BCUT2D eigenvalue weighted by atomic mass is 9.93. The van der Waals surface area contributed by atoms with Crippen LogP contribution < -0.4 is 0 Å². The maximum atomic E-state index is 13.0. The van der Waals surface area contributed by atoms with Crippen molar-refractivity contribution in [2.45, 2.75) is 26.3 Å². The molecule has 1 unspecified atom stereocenters. The van der Waals surface area contributed by atoms with E-state index in [-0.39, 0.29) is 11.3 Å². The average molecular weight is 414 g/mol. The van der Waals surface area contributed by atoms with Gasteiger partial charge in [0.2, 0.25) is 0 Å². The molecule has 2 aromatic rings. The summed E-state index contributed by atoms with van der Waals surface area (Å²) in [5, 5.41) is 11.6. The van der Waals surface area contributed by atoms with Crippen LogP contribution in [0.5, 0.6) is 0 Å². The standard InChI is InChI=1S/C23H24ClNO4/c1-14-8-9-15(2)18(12-14)21(26)19-20(16-6-4-7-17(24)13-16)25(10-5-11-29-3)23(28)22(19)27/h4,6-9,12-13,20,26H,5,10-11H2,1-3H3. The molecule has 5 nitrogen and oxygen atoms in total. The molecule has 3 rings (SSSR count). The lowest BCUT2D eigenvalue weighted by Gasteiger charge is -2.25. The molecule has 0 saturated carbocycles. The van der Waals surface area contributed by atoms with Gasteiger partial charge in [-0.05, 0) is 49.6 Å². The minimum Gasteiger partial charge on any atom is -0.507 e. The Labute approximate surface area is 175 Å². The second-order valence-electron chi connectivity index (χ2n) is 7.21. The van der Waals surface area contributed by atoms with Gasteiger partial charge in [-0.25, -0.2) is 0 Å². The van der Waals surface area contributed by atoms with Gasteiger partial charge in [0.25, 0.3) is 11.7 Å². The van der Waals surface area contributed by atoms with Crippen LogP contribution in [0.15, 0.2) is 48.0 Å². The fourth-order valence-electron chi connectivity index (χ4n) is 3.65. The number of ether oxygens (including phenoxy) is 1. The number of hydrogen-bond donors (Lipinski definition) is 1. The molecule has 1 N–H and O–H groups in total. The Morgan fingerprint density at radius 2 is 1.93 bits per heavy atom. The van der Waals surface area contributed by atoms with Gasteiger partial charge in [-0.3, -0.25) is 9.59 Å². The summed E-state index contributed by atoms with van der Waals surface area (Å²) in [6.07, 6.45) is 0.574. The van der Waals surface area contributed by atoms with Gasteiger partial charge >= 0.3 is 0 Å². The van der Waals surface area contributed by atoms with Gasteiger partial charge in [0.15, 0.2) is 0 Å². The third kappa shape index (κ3) is 4.21. The van der Waals surface area contributed by atoms with Crippen LogP contribution in [-0.4, -0.2) is 42.0 Å². The van der Waals surface area contributed by atoms with Gasteiger partial charge in [0.1, 0.15) is 5.76 Å². The highest BCUT2D eigenvalue weighted by atomic mass is 35.5. The highest BCUT2D eigenvalue weighted by Gasteiger charge is 2.45. The summed E-state index contributed by atoms with van der Waals surface area (Å²) in [4.78, 5) is 27.3. The first kappa shape index (κ1) is 21.1. The summed E-state index contributed by atoms with van der Waals surface area (Å²) in [5.74, 6) is -1.48. The Morgan fingerprint density at radius 3 is 2.62 bits per heavy atom. The van der Waals surface area contributed by atoms with Crippen LogP contribution in [0.4, 0.5) is 0 Å². The molecule has 1 aliphatic rings. The number of halogens is 1. The van der Waals surface area contributed by atoms with Crippen molar-refractivity contribution in [2.24, 2.45) is 0 Å². The number of rotatable bonds is 6. The van der Waals surface area contributed by atoms with E-state index >= 15 is 0 Å². The number of carbonyl (C=O) groups is 2. The van der Waals surface area contributed by atoms with Crippen molar-refractivity contribution >= 4 is 29.1 Å². The minimum atomic E-state index is -0.703. The van der Waals surface area contributed by atoms with Crippen molar-refractivity contribution in [1.82, 2.24) is 4.90 Å². The number of Topliss-reactive ketones (excluding diaryl/α,β-unsaturated/α-hetero) is 1. The lowest BCUT2D eigenvalue weighted by molar-refractivity contribution is -0.140. The first-order valence-electron chi connectivity index (χ1n) is 9.45. The molecule has 0 aromatic heterocycles. The number of aliphatic hydroxyl groups is 1. The van der Waals surface area contributed by atoms with Crippen LogP contribution >= 0.6 is 11.6 Å². The predicted molar refractivity (Wildman–Crippen MR) is 113 cm³/mol. The fourth-order valence-corrected chi connectivity index (χ4v) is 3.85. The van der Waals surface area contributed by atoms with E-state index in [0.717, 1.165) is 11.1 Å². The van der Waals surface area contributed by atoms with Crippen LogP contribution in [0.1, 0.15) is 34.7 Å². The predicted octanol–water partition coefficient (Wildman–Crippen LogP) is 4.42. The molecule has 0 radical (unpaired) electrons. The molecular formula is C23H24ClNO4. The Kier molecular flexibility index (Phi) is 6.40. The second kappa shape index (κ2) is 8.80. The van der Waals surface area contributed by atoms with Crippen molar-refractivity contribution in [3.8, 4) is 0 Å². The molecule has 29 heavy (non-hydrogen) atoms. The largest absolute Gasteiger partial charge is 0.507 e. The van der Waals surface area contributed by atoms with Gasteiger partial charge < -0.3 is 14.7 Å². The van der Waals surface area contributed by atoms with E-state index in [1.54, 1.807) is 25.3 Å². The van der Waals surface area contributed by atoms with E-state index in [1.165, 1.54) is 4.90 Å². The number of amides is 1. The summed E-state index contributed by atoms with van der Waals surface area (Å²) in [6.45, 7) is 4.56. The van der Waals surface area contributed by atoms with Crippen LogP contribution in [-0.2, 0) is 14.3 Å². The molecule has 1 amide bonds. The summed E-state index contributed by atoms with van der Waals surface area (Å²) >= 11 is 6.17. The van der Waals surface area contributed by atoms with Crippen molar-refractivity contribution in [3.05, 3.63) is 75.3 Å². The lowest BCUT2D eigenvalue weighted by Crippen LogP contribution is -2.31. The zero-order valence-electron chi connectivity index (χ0n) is 16.7. The van der Waals surface area contributed by atoms with E-state index < -0.39 is 17.7 Å². The topological polar surface area (TPSA) is 66.8 Å². The Bertz CT molecular complexity index is 983. The van der Waals surface area contributed by atoms with Gasteiger partial charge in [-0.1, -0.05) is 41.4 Å². The van der Waals surface area contributed by atoms with Gasteiger partial charge in [-0.15, -0.1) is 0 Å². The normalized spacial score (nSPS) is 18.5. The van der Waals surface area contributed by atoms with Crippen LogP contribution in [0, 0.1) is 13.8 Å². The molecule has 1 heterocycles. The molecule has 1 atom stereocenters. The number of nitrogens with zero attached hydrogens (tertiary/aromatic N) is 1. The third-order valence-corrected chi connectivity index (χ3v) is 5.34. The Hall–Kier alpha value is -2.63. The first-order chi connectivity index (χ1) is 13.8. The highest BCUT2D eigenvalue weighted by molar-refractivity contribution is 6.46. The zero-order valence-corrected chi connectivity index (χ0v) is 17.5. The number of ketones is 1. The smallest absolute Gasteiger partial charge is 0.295 e. The number of aliphatic hydroxyl groups excluding tert-OH is 1. The summed E-state index contributed by atoms with van der Waals surface area (Å²) in [6, 6.07) is 12.0. The monoisotopic (exact) mass is 413 g/mol. The maximum Gasteiger partial charge on any atom is 0.295 e. The van der Waals surface area contributed by atoms with Crippen LogP contribution in [0.3, 0.4) is 0 Å². The van der Waals surface area contributed by atoms with E-state index in [9.17, 15) is 14.7 Å². The molecule has 1 saturated heterocycles. The van der Waals surface area contributed by atoms with E-state index in [4.69, 9.17) is 16.3 Å². The third-order valence-electron chi connectivity index (χ3n) is 5.10. The molecule has 0 spiro atoms. The number of likely N-dealkylation sites (tertiary alicyclic amines) is 1. The van der Waals surface area contributed by atoms with E-state index in [2.05, 4.69) is 0 Å². The fraction of sp³-hybridized carbons (Fsp3) is 0.304. The SMILES string of the molecule is COCCCN1C(=O)C(=O)C(=C(O)c2cc(C)ccc2C)C1c1cccc(Cl)c1. The Balaban J connectivity index is 2.18. The van der Waals surface area contributed by atoms with Crippen molar-refractivity contribution in [3.63, 3.8) is 0 Å². The first-order valence-corrected chi connectivity index (χ1v) is 9.83. The van der Waals surface area contributed by atoms with Crippen LogP contribution in [0.2, 0.25) is 5.02 Å². The number of hydrogen-bond acceptors (Lipinski definition) is 4. The van der Waals surface area contributed by atoms with Gasteiger partial charge in [-0.2, -0.15) is 0 Å². The molecule has 6 heteroatoms. The quantitative estimate of drug-likeness (QED) is 0.329. The second-order valence-corrected chi connectivity index (χ2v) is 7.65. The molecule has 0 bridgehead atoms. The van der Waals surface area contributed by atoms with Gasteiger partial charge in [0.05, 0.1) is 11.6 Å². The molecule has 0 aliphatic carbocycles. The van der Waals surface area contributed by atoms with E-state index in [0.29, 0.717) is 35.7 Å². The number of aryl methyl sites for hydroxylation is 2. The minimum absolute atomic E-state index is 0.0865. The summed E-state index contributed by atoms with van der Waals surface area (Å²) in [7, 11) is 1.59. The van der Waals surface area contributed by atoms with Crippen LogP contribution in [0.25, 0.3) is 5.76 Å². The molecule has 1 aliphatic heterocycles. The Morgan fingerprint density at radius 1 is 1.17 bits per heavy atom. The molecule has 2 aromatic carbocycles. The zero-order chi connectivity index (χ0) is 21.1. The number of carbonyl (C=O) groups excluding carboxylic acids is 2. The summed E-state index contributed by atoms with van der Waals surface area (Å²) < 4.78 is 5.09. The average Bonchev–Trinajstić information content (AvgIpc) is 2.94. The number of methoxy groups -OCH3 is 1. The highest BCUT2D eigenvalue weighted by Crippen LogP contribution is 2.40. The van der Waals surface area contributed by atoms with Crippen molar-refractivity contribution in [1.29, 1.82) is 0 Å². The summed E-state index contributed by atoms with van der Waals surface area (Å²) in [5.41, 5.74) is 3.09. The maximum absolute atomic E-state index is 13.0. The molecule has 1 fully saturated rings. The van der Waals surface area contributed by atoms with Gasteiger partial charge in [0, 0.05) is 30.8 Å². The molecule has 152 valence electrons. The number of benzene rings is 2.